The van der Waals surface area contributed by atoms with Crippen molar-refractivity contribution in [2.24, 2.45) is 5.92 Å². The van der Waals surface area contributed by atoms with Crippen molar-refractivity contribution >= 4 is 22.6 Å². The monoisotopic (exact) mass is 254 g/mol. The minimum atomic E-state index is 0.147. The maximum absolute atomic E-state index is 5.59. The summed E-state index contributed by atoms with van der Waals surface area (Å²) in [5, 5.41) is 0. The van der Waals surface area contributed by atoms with Gasteiger partial charge in [-0.15, -0.1) is 0 Å². The van der Waals surface area contributed by atoms with Crippen LogP contribution in [-0.2, 0) is 4.74 Å². The molecule has 1 saturated heterocycles. The second-order valence-electron chi connectivity index (χ2n) is 3.62. The zero-order valence-corrected chi connectivity index (χ0v) is 8.85. The molecule has 60 valence electrons. The van der Waals surface area contributed by atoms with Crippen molar-refractivity contribution in [1.82, 2.24) is 0 Å². The van der Waals surface area contributed by atoms with E-state index in [-0.39, 0.29) is 5.60 Å². The van der Waals surface area contributed by atoms with E-state index in [1.165, 1.54) is 17.3 Å². The minimum Gasteiger partial charge on any atom is -0.376 e. The summed E-state index contributed by atoms with van der Waals surface area (Å²) < 4.78 is 6.88. The van der Waals surface area contributed by atoms with Crippen molar-refractivity contribution in [3.8, 4) is 0 Å². The molecule has 0 aromatic heterocycles. The number of halogens is 1. The number of alkyl halides is 1. The standard InChI is InChI=1S/C8H15IO/c1-8(2)5-7(6-9)3-4-10-8/h7H,3-6H2,1-2H3/t7-/m1/s1. The largest absolute Gasteiger partial charge is 0.376 e. The van der Waals surface area contributed by atoms with Gasteiger partial charge in [0, 0.05) is 11.0 Å². The predicted molar refractivity (Wildman–Crippen MR) is 51.6 cm³/mol. The fraction of sp³-hybridized carbons (Fsp3) is 1.00. The third-order valence-electron chi connectivity index (χ3n) is 2.02. The smallest absolute Gasteiger partial charge is 0.0629 e. The molecule has 0 unspecified atom stereocenters. The molecule has 1 aliphatic rings. The Hall–Kier alpha value is 0.690. The molecule has 1 atom stereocenters. The van der Waals surface area contributed by atoms with Crippen LogP contribution in [0.3, 0.4) is 0 Å². The predicted octanol–water partition coefficient (Wildman–Crippen LogP) is 2.63. The molecule has 0 bridgehead atoms. The molecule has 1 nitrogen and oxygen atoms in total. The third kappa shape index (κ3) is 2.38. The average molecular weight is 254 g/mol. The summed E-state index contributed by atoms with van der Waals surface area (Å²) in [4.78, 5) is 0. The van der Waals surface area contributed by atoms with E-state index in [0.717, 1.165) is 12.5 Å². The zero-order chi connectivity index (χ0) is 7.61. The highest BCUT2D eigenvalue weighted by molar-refractivity contribution is 14.1. The van der Waals surface area contributed by atoms with E-state index >= 15 is 0 Å². The Kier molecular flexibility index (Phi) is 2.98. The molecule has 2 heteroatoms. The van der Waals surface area contributed by atoms with Gasteiger partial charge in [0.2, 0.25) is 0 Å². The molecule has 0 aromatic carbocycles. The van der Waals surface area contributed by atoms with Crippen molar-refractivity contribution in [3.63, 3.8) is 0 Å². The molecule has 1 aliphatic heterocycles. The SMILES string of the molecule is CC1(C)C[C@H](CI)CCO1. The van der Waals surface area contributed by atoms with Crippen molar-refractivity contribution in [3.05, 3.63) is 0 Å². The van der Waals surface area contributed by atoms with Gasteiger partial charge in [-0.3, -0.25) is 0 Å². The molecule has 10 heavy (non-hydrogen) atoms. The van der Waals surface area contributed by atoms with Crippen LogP contribution >= 0.6 is 22.6 Å². The highest BCUT2D eigenvalue weighted by Crippen LogP contribution is 2.29. The number of rotatable bonds is 1. The van der Waals surface area contributed by atoms with Crippen LogP contribution in [0.1, 0.15) is 26.7 Å². The van der Waals surface area contributed by atoms with Crippen molar-refractivity contribution in [1.29, 1.82) is 0 Å². The topological polar surface area (TPSA) is 9.23 Å². The first-order valence-electron chi connectivity index (χ1n) is 3.84. The average Bonchev–Trinajstić information content (AvgIpc) is 1.86. The molecule has 0 saturated carbocycles. The maximum atomic E-state index is 5.59. The van der Waals surface area contributed by atoms with Gasteiger partial charge in [-0.1, -0.05) is 22.6 Å². The molecular weight excluding hydrogens is 239 g/mol. The van der Waals surface area contributed by atoms with E-state index < -0.39 is 0 Å². The van der Waals surface area contributed by atoms with Gasteiger partial charge in [0.1, 0.15) is 0 Å². The van der Waals surface area contributed by atoms with E-state index in [1.807, 2.05) is 0 Å². The summed E-state index contributed by atoms with van der Waals surface area (Å²) in [6, 6.07) is 0. The van der Waals surface area contributed by atoms with Gasteiger partial charge in [-0.25, -0.2) is 0 Å². The molecule has 0 spiro atoms. The Morgan fingerprint density at radius 2 is 2.30 bits per heavy atom. The third-order valence-corrected chi connectivity index (χ3v) is 3.26. The molecule has 0 radical (unpaired) electrons. The molecular formula is C8H15IO. The van der Waals surface area contributed by atoms with Crippen LogP contribution in [0.2, 0.25) is 0 Å². The Morgan fingerprint density at radius 1 is 1.60 bits per heavy atom. The number of ether oxygens (including phenoxy) is 1. The zero-order valence-electron chi connectivity index (χ0n) is 6.69. The summed E-state index contributed by atoms with van der Waals surface area (Å²) in [6.07, 6.45) is 2.49. The Labute approximate surface area is 76.7 Å². The van der Waals surface area contributed by atoms with Gasteiger partial charge in [-0.05, 0) is 32.6 Å². The summed E-state index contributed by atoms with van der Waals surface area (Å²) in [5.41, 5.74) is 0.147. The molecule has 1 fully saturated rings. The van der Waals surface area contributed by atoms with Crippen LogP contribution in [0, 0.1) is 5.92 Å². The molecule has 0 aliphatic carbocycles. The normalized spacial score (nSPS) is 32.1. The summed E-state index contributed by atoms with van der Waals surface area (Å²) in [6.45, 7) is 5.33. The van der Waals surface area contributed by atoms with E-state index in [4.69, 9.17) is 4.74 Å². The second kappa shape index (κ2) is 3.39. The van der Waals surface area contributed by atoms with Gasteiger partial charge < -0.3 is 4.74 Å². The summed E-state index contributed by atoms with van der Waals surface area (Å²) in [7, 11) is 0. The first-order valence-corrected chi connectivity index (χ1v) is 5.36. The fourth-order valence-corrected chi connectivity index (χ4v) is 2.24. The molecule has 1 heterocycles. The van der Waals surface area contributed by atoms with Crippen molar-refractivity contribution in [2.75, 3.05) is 11.0 Å². The fourth-order valence-electron chi connectivity index (χ4n) is 1.49. The first-order chi connectivity index (χ1) is 4.64. The lowest BCUT2D eigenvalue weighted by molar-refractivity contribution is -0.0678. The van der Waals surface area contributed by atoms with E-state index in [1.54, 1.807) is 0 Å². The Balaban J connectivity index is 2.40. The van der Waals surface area contributed by atoms with Crippen LogP contribution in [-0.4, -0.2) is 16.6 Å². The van der Waals surface area contributed by atoms with Crippen molar-refractivity contribution < 1.29 is 4.74 Å². The Bertz CT molecular complexity index is 112. The summed E-state index contributed by atoms with van der Waals surface area (Å²) >= 11 is 2.47. The van der Waals surface area contributed by atoms with Gasteiger partial charge in [0.05, 0.1) is 5.60 Å². The van der Waals surface area contributed by atoms with Gasteiger partial charge in [-0.2, -0.15) is 0 Å². The van der Waals surface area contributed by atoms with Crippen LogP contribution < -0.4 is 0 Å². The highest BCUT2D eigenvalue weighted by Gasteiger charge is 2.27. The number of hydrogen-bond acceptors (Lipinski definition) is 1. The van der Waals surface area contributed by atoms with Crippen LogP contribution in [0.25, 0.3) is 0 Å². The molecule has 0 aromatic rings. The Morgan fingerprint density at radius 3 is 2.70 bits per heavy atom. The van der Waals surface area contributed by atoms with E-state index in [2.05, 4.69) is 36.4 Å². The first kappa shape index (κ1) is 8.78. The van der Waals surface area contributed by atoms with Gasteiger partial charge in [0.15, 0.2) is 0 Å². The minimum absolute atomic E-state index is 0.147. The lowest BCUT2D eigenvalue weighted by Gasteiger charge is -2.34. The lowest BCUT2D eigenvalue weighted by Crippen LogP contribution is -2.34. The molecule has 1 rings (SSSR count). The van der Waals surface area contributed by atoms with Crippen LogP contribution in [0.5, 0.6) is 0 Å². The maximum Gasteiger partial charge on any atom is 0.0629 e. The highest BCUT2D eigenvalue weighted by atomic mass is 127. The van der Waals surface area contributed by atoms with Gasteiger partial charge in [0.25, 0.3) is 0 Å². The summed E-state index contributed by atoms with van der Waals surface area (Å²) in [5.74, 6) is 0.893. The second-order valence-corrected chi connectivity index (χ2v) is 4.50. The lowest BCUT2D eigenvalue weighted by atomic mass is 9.90. The van der Waals surface area contributed by atoms with Crippen molar-refractivity contribution in [2.45, 2.75) is 32.3 Å². The van der Waals surface area contributed by atoms with E-state index in [0.29, 0.717) is 0 Å². The van der Waals surface area contributed by atoms with Gasteiger partial charge >= 0.3 is 0 Å². The molecule has 0 amide bonds. The quantitative estimate of drug-likeness (QED) is 0.516. The van der Waals surface area contributed by atoms with Crippen LogP contribution in [0.15, 0.2) is 0 Å². The van der Waals surface area contributed by atoms with E-state index in [9.17, 15) is 0 Å². The van der Waals surface area contributed by atoms with Crippen LogP contribution in [0.4, 0.5) is 0 Å². The number of hydrogen-bond donors (Lipinski definition) is 0. The molecule has 0 N–H and O–H groups in total.